The first-order valence-electron chi connectivity index (χ1n) is 7.36. The van der Waals surface area contributed by atoms with Gasteiger partial charge in [0.15, 0.2) is 11.5 Å². The normalized spacial score (nSPS) is 14.5. The van der Waals surface area contributed by atoms with E-state index in [1.165, 1.54) is 0 Å². The van der Waals surface area contributed by atoms with Gasteiger partial charge in [-0.05, 0) is 64.8 Å². The minimum absolute atomic E-state index is 0.155. The second-order valence-electron chi connectivity index (χ2n) is 5.17. The molecule has 1 heterocycles. The number of hydrogen-bond donors (Lipinski definition) is 1. The number of amides is 1. The van der Waals surface area contributed by atoms with Gasteiger partial charge in [-0.25, -0.2) is 0 Å². The minimum Gasteiger partial charge on any atom is -0.492 e. The maximum atomic E-state index is 12.3. The molecule has 1 N–H and O–H groups in total. The molecule has 0 atom stereocenters. The molecule has 1 aliphatic rings. The molecule has 6 heteroatoms. The van der Waals surface area contributed by atoms with Crippen molar-refractivity contribution in [3.8, 4) is 11.5 Å². The van der Waals surface area contributed by atoms with E-state index < -0.39 is 0 Å². The highest BCUT2D eigenvalue weighted by Crippen LogP contribution is 2.39. The van der Waals surface area contributed by atoms with Crippen LogP contribution in [0.15, 0.2) is 34.8 Å². The van der Waals surface area contributed by atoms with Crippen molar-refractivity contribution in [3.63, 3.8) is 0 Å². The van der Waals surface area contributed by atoms with Gasteiger partial charge in [-0.1, -0.05) is 11.6 Å². The van der Waals surface area contributed by atoms with E-state index in [0.717, 1.165) is 21.3 Å². The van der Waals surface area contributed by atoms with Crippen molar-refractivity contribution in [1.29, 1.82) is 0 Å². The highest BCUT2D eigenvalue weighted by atomic mass is 79.9. The monoisotopic (exact) mass is 407 g/mol. The fraction of sp³-hybridized carbons (Fsp3) is 0.167. The van der Waals surface area contributed by atoms with Crippen LogP contribution in [0.3, 0.4) is 0 Å². The lowest BCUT2D eigenvalue weighted by Gasteiger charge is -2.12. The van der Waals surface area contributed by atoms with E-state index in [0.29, 0.717) is 28.7 Å². The molecule has 2 aromatic rings. The zero-order valence-electron chi connectivity index (χ0n) is 13.2. The molecule has 0 bridgehead atoms. The zero-order chi connectivity index (χ0) is 17.3. The number of hydrogen-bond acceptors (Lipinski definition) is 3. The predicted octanol–water partition coefficient (Wildman–Crippen LogP) is 5.00. The van der Waals surface area contributed by atoms with Crippen LogP contribution in [0.2, 0.25) is 5.02 Å². The summed E-state index contributed by atoms with van der Waals surface area (Å²) in [5, 5.41) is 3.42. The summed E-state index contributed by atoms with van der Waals surface area (Å²) >= 11 is 9.54. The summed E-state index contributed by atoms with van der Waals surface area (Å²) in [6.45, 7) is 2.42. The summed E-state index contributed by atoms with van der Waals surface area (Å²) in [7, 11) is 1.59. The summed E-state index contributed by atoms with van der Waals surface area (Å²) in [5.41, 5.74) is 2.93. The van der Waals surface area contributed by atoms with Crippen LogP contribution >= 0.6 is 27.5 Å². The number of carbonyl (C=O) groups is 1. The highest BCUT2D eigenvalue weighted by molar-refractivity contribution is 9.10. The molecule has 1 amide bonds. The van der Waals surface area contributed by atoms with E-state index in [1.54, 1.807) is 25.3 Å². The van der Waals surface area contributed by atoms with Crippen LogP contribution in [0, 0.1) is 0 Å². The Bertz CT molecular complexity index is 848. The van der Waals surface area contributed by atoms with E-state index in [4.69, 9.17) is 21.1 Å². The average molecular weight is 409 g/mol. The molecule has 0 radical (unpaired) electrons. The maximum Gasteiger partial charge on any atom is 0.256 e. The van der Waals surface area contributed by atoms with Crippen molar-refractivity contribution in [2.24, 2.45) is 0 Å². The molecule has 24 heavy (non-hydrogen) atoms. The van der Waals surface area contributed by atoms with Crippen molar-refractivity contribution >= 4 is 50.8 Å². The van der Waals surface area contributed by atoms with Gasteiger partial charge < -0.3 is 14.8 Å². The number of nitrogens with one attached hydrogen (secondary N) is 1. The number of ether oxygens (including phenoxy) is 2. The van der Waals surface area contributed by atoms with Crippen LogP contribution in [0.25, 0.3) is 11.6 Å². The average Bonchev–Trinajstić information content (AvgIpc) is 2.83. The van der Waals surface area contributed by atoms with Gasteiger partial charge >= 0.3 is 0 Å². The van der Waals surface area contributed by atoms with Crippen LogP contribution in [-0.2, 0) is 4.79 Å². The van der Waals surface area contributed by atoms with Crippen molar-refractivity contribution in [3.05, 3.63) is 51.0 Å². The summed E-state index contributed by atoms with van der Waals surface area (Å²) in [6, 6.07) is 9.05. The van der Waals surface area contributed by atoms with E-state index in [2.05, 4.69) is 21.2 Å². The van der Waals surface area contributed by atoms with Crippen molar-refractivity contribution in [2.45, 2.75) is 6.92 Å². The first-order chi connectivity index (χ1) is 11.5. The lowest BCUT2D eigenvalue weighted by atomic mass is 10.0. The van der Waals surface area contributed by atoms with E-state index in [1.807, 2.05) is 25.1 Å². The van der Waals surface area contributed by atoms with Gasteiger partial charge in [-0.15, -0.1) is 0 Å². The van der Waals surface area contributed by atoms with Crippen LogP contribution < -0.4 is 14.8 Å². The fourth-order valence-electron chi connectivity index (χ4n) is 2.60. The second-order valence-corrected chi connectivity index (χ2v) is 6.46. The summed E-state index contributed by atoms with van der Waals surface area (Å²) in [5.74, 6) is 1.08. The molecular formula is C18H15BrClNO3. The highest BCUT2D eigenvalue weighted by Gasteiger charge is 2.24. The lowest BCUT2D eigenvalue weighted by molar-refractivity contribution is -0.110. The van der Waals surface area contributed by atoms with E-state index in [-0.39, 0.29) is 5.91 Å². The van der Waals surface area contributed by atoms with Gasteiger partial charge in [0.05, 0.1) is 18.2 Å². The van der Waals surface area contributed by atoms with Crippen LogP contribution in [0.5, 0.6) is 11.5 Å². The number of benzene rings is 2. The molecule has 0 spiro atoms. The molecule has 0 unspecified atom stereocenters. The quantitative estimate of drug-likeness (QED) is 0.724. The Hall–Kier alpha value is -1.98. The first kappa shape index (κ1) is 16.9. The molecule has 1 aliphatic heterocycles. The van der Waals surface area contributed by atoms with Crippen molar-refractivity contribution in [1.82, 2.24) is 0 Å². The number of halogens is 2. The molecule has 124 valence electrons. The molecular weight excluding hydrogens is 394 g/mol. The maximum absolute atomic E-state index is 12.3. The third kappa shape index (κ3) is 3.14. The van der Waals surface area contributed by atoms with E-state index in [9.17, 15) is 4.79 Å². The van der Waals surface area contributed by atoms with Crippen LogP contribution in [-0.4, -0.2) is 19.6 Å². The van der Waals surface area contributed by atoms with Gasteiger partial charge in [0.25, 0.3) is 5.91 Å². The number of rotatable bonds is 4. The summed E-state index contributed by atoms with van der Waals surface area (Å²) < 4.78 is 11.7. The third-order valence-corrected chi connectivity index (χ3v) is 4.44. The molecule has 2 aromatic carbocycles. The molecule has 0 fully saturated rings. The summed E-state index contributed by atoms with van der Waals surface area (Å²) in [4.78, 5) is 12.3. The largest absolute Gasteiger partial charge is 0.492 e. The Labute approximate surface area is 153 Å². The smallest absolute Gasteiger partial charge is 0.256 e. The number of fused-ring (bicyclic) bond motifs is 1. The topological polar surface area (TPSA) is 47.6 Å². The van der Waals surface area contributed by atoms with Crippen LogP contribution in [0.1, 0.15) is 18.1 Å². The molecule has 0 saturated carbocycles. The molecule has 0 aliphatic carbocycles. The number of anilines is 1. The van der Waals surface area contributed by atoms with Gasteiger partial charge in [0.1, 0.15) is 0 Å². The number of carbonyl (C=O) groups excluding carboxylic acids is 1. The Morgan fingerprint density at radius 1 is 1.29 bits per heavy atom. The van der Waals surface area contributed by atoms with E-state index >= 15 is 0 Å². The minimum atomic E-state index is -0.155. The first-order valence-corrected chi connectivity index (χ1v) is 8.54. The van der Waals surface area contributed by atoms with Gasteiger partial charge in [0.2, 0.25) is 0 Å². The molecule has 0 aromatic heterocycles. The van der Waals surface area contributed by atoms with Crippen molar-refractivity contribution < 1.29 is 14.3 Å². The molecule has 3 rings (SSSR count). The van der Waals surface area contributed by atoms with Gasteiger partial charge in [-0.3, -0.25) is 4.79 Å². The Morgan fingerprint density at radius 2 is 2.08 bits per heavy atom. The second kappa shape index (κ2) is 6.87. The van der Waals surface area contributed by atoms with Gasteiger partial charge in [0, 0.05) is 21.8 Å². The zero-order valence-corrected chi connectivity index (χ0v) is 15.5. The summed E-state index contributed by atoms with van der Waals surface area (Å²) in [6.07, 6.45) is 1.81. The number of methoxy groups -OCH3 is 1. The predicted molar refractivity (Wildman–Crippen MR) is 99.8 cm³/mol. The molecule has 4 nitrogen and oxygen atoms in total. The SMILES string of the molecule is CCOc1cc(/C=C2/C(=O)Nc3ccc(Cl)cc32)cc(Br)c1OC. The van der Waals surface area contributed by atoms with Gasteiger partial charge in [-0.2, -0.15) is 0 Å². The standard InChI is InChI=1S/C18H15BrClNO3/c1-3-24-16-8-10(7-14(19)17(16)23-2)6-13-12-9-11(20)4-5-15(12)21-18(13)22/h4-9H,3H2,1-2H3,(H,21,22)/b13-6+. The fourth-order valence-corrected chi connectivity index (χ4v) is 3.40. The van der Waals surface area contributed by atoms with Crippen molar-refractivity contribution in [2.75, 3.05) is 19.0 Å². The third-order valence-electron chi connectivity index (χ3n) is 3.61. The Kier molecular flexibility index (Phi) is 4.83. The Morgan fingerprint density at radius 3 is 2.79 bits per heavy atom. The Balaban J connectivity index is 2.09. The van der Waals surface area contributed by atoms with Crippen LogP contribution in [0.4, 0.5) is 5.69 Å². The lowest BCUT2D eigenvalue weighted by Crippen LogP contribution is -2.03. The molecule has 0 saturated heterocycles.